The Balaban J connectivity index is 2.37. The molecule has 0 bridgehead atoms. The molecule has 1 aromatic heterocycles. The first-order valence-corrected chi connectivity index (χ1v) is 6.91. The Kier molecular flexibility index (Phi) is 4.38. The fourth-order valence-corrected chi connectivity index (χ4v) is 2.25. The molecule has 1 unspecified atom stereocenters. The number of benzene rings is 1. The third kappa shape index (κ3) is 3.04. The van der Waals surface area contributed by atoms with Gasteiger partial charge in [0.25, 0.3) is 0 Å². The predicted molar refractivity (Wildman–Crippen MR) is 79.3 cm³/mol. The van der Waals surface area contributed by atoms with Crippen molar-refractivity contribution in [1.82, 2.24) is 14.9 Å². The van der Waals surface area contributed by atoms with Gasteiger partial charge in [0, 0.05) is 19.4 Å². The van der Waals surface area contributed by atoms with Crippen molar-refractivity contribution < 1.29 is 0 Å². The maximum Gasteiger partial charge on any atom is 0.130 e. The Labute approximate surface area is 115 Å². The van der Waals surface area contributed by atoms with Crippen LogP contribution in [0.5, 0.6) is 0 Å². The van der Waals surface area contributed by atoms with E-state index in [0.29, 0.717) is 0 Å². The highest BCUT2D eigenvalue weighted by Crippen LogP contribution is 2.22. The third-order valence-corrected chi connectivity index (χ3v) is 3.58. The monoisotopic (exact) mass is 257 g/mol. The lowest BCUT2D eigenvalue weighted by Crippen LogP contribution is -2.25. The lowest BCUT2D eigenvalue weighted by Gasteiger charge is -2.19. The summed E-state index contributed by atoms with van der Waals surface area (Å²) in [6.07, 6.45) is 4.97. The van der Waals surface area contributed by atoms with E-state index in [1.54, 1.807) is 0 Å². The zero-order chi connectivity index (χ0) is 13.8. The van der Waals surface area contributed by atoms with Crippen molar-refractivity contribution in [2.24, 2.45) is 7.05 Å². The summed E-state index contributed by atoms with van der Waals surface area (Å²) in [6, 6.07) is 6.81. The third-order valence-electron chi connectivity index (χ3n) is 3.58. The molecule has 2 aromatic rings. The van der Waals surface area contributed by atoms with Crippen LogP contribution in [-0.2, 0) is 7.05 Å². The molecule has 0 aliphatic carbocycles. The first-order chi connectivity index (χ1) is 9.13. The summed E-state index contributed by atoms with van der Waals surface area (Å²) in [5.74, 6) is 1.07. The van der Waals surface area contributed by atoms with Gasteiger partial charge in [-0.3, -0.25) is 0 Å². The Morgan fingerprint density at radius 3 is 2.63 bits per heavy atom. The molecule has 1 N–H and O–H groups in total. The van der Waals surface area contributed by atoms with Crippen LogP contribution < -0.4 is 5.32 Å². The van der Waals surface area contributed by atoms with Crippen LogP contribution in [0.3, 0.4) is 0 Å². The van der Waals surface area contributed by atoms with Gasteiger partial charge in [-0.2, -0.15) is 0 Å². The van der Waals surface area contributed by atoms with Gasteiger partial charge in [0.15, 0.2) is 0 Å². The molecular weight excluding hydrogens is 234 g/mol. The van der Waals surface area contributed by atoms with Crippen LogP contribution in [0.25, 0.3) is 0 Å². The Hall–Kier alpha value is -1.61. The number of aryl methyl sites for hydroxylation is 3. The molecule has 1 aromatic carbocycles. The number of imidazole rings is 1. The van der Waals surface area contributed by atoms with E-state index in [1.807, 2.05) is 19.4 Å². The minimum absolute atomic E-state index is 0.166. The topological polar surface area (TPSA) is 29.9 Å². The van der Waals surface area contributed by atoms with Gasteiger partial charge in [-0.05, 0) is 43.5 Å². The summed E-state index contributed by atoms with van der Waals surface area (Å²) in [4.78, 5) is 4.50. The largest absolute Gasteiger partial charge is 0.336 e. The molecular formula is C16H23N3. The molecule has 0 saturated carbocycles. The maximum absolute atomic E-state index is 4.50. The minimum atomic E-state index is 0.166. The Bertz CT molecular complexity index is 543. The van der Waals surface area contributed by atoms with Crippen LogP contribution in [0.4, 0.5) is 0 Å². The normalized spacial score (nSPS) is 12.6. The fraction of sp³-hybridized carbons (Fsp3) is 0.438. The highest BCUT2D eigenvalue weighted by molar-refractivity contribution is 5.34. The van der Waals surface area contributed by atoms with Crippen molar-refractivity contribution in [2.45, 2.75) is 33.2 Å². The molecule has 102 valence electrons. The standard InChI is InChI=1S/C16H23N3/c1-5-8-17-15(16-18-9-10-19(16)4)14-7-6-12(2)13(3)11-14/h6-7,9-11,15,17H,5,8H2,1-4H3. The first kappa shape index (κ1) is 13.8. The van der Waals surface area contributed by atoms with E-state index in [4.69, 9.17) is 0 Å². The van der Waals surface area contributed by atoms with Crippen LogP contribution in [0.2, 0.25) is 0 Å². The number of rotatable bonds is 5. The second-order valence-corrected chi connectivity index (χ2v) is 5.13. The van der Waals surface area contributed by atoms with Crippen molar-refractivity contribution in [2.75, 3.05) is 6.54 Å². The van der Waals surface area contributed by atoms with E-state index >= 15 is 0 Å². The average molecular weight is 257 g/mol. The van der Waals surface area contributed by atoms with E-state index in [2.05, 4.69) is 53.8 Å². The van der Waals surface area contributed by atoms with Crippen LogP contribution in [-0.4, -0.2) is 16.1 Å². The van der Waals surface area contributed by atoms with Gasteiger partial charge in [0.2, 0.25) is 0 Å². The fourth-order valence-electron chi connectivity index (χ4n) is 2.25. The molecule has 3 nitrogen and oxygen atoms in total. The van der Waals surface area contributed by atoms with Crippen molar-refractivity contribution in [3.63, 3.8) is 0 Å². The van der Waals surface area contributed by atoms with Gasteiger partial charge in [-0.25, -0.2) is 4.98 Å². The second kappa shape index (κ2) is 6.02. The van der Waals surface area contributed by atoms with Gasteiger partial charge < -0.3 is 9.88 Å². The van der Waals surface area contributed by atoms with Gasteiger partial charge >= 0.3 is 0 Å². The van der Waals surface area contributed by atoms with Crippen molar-refractivity contribution >= 4 is 0 Å². The first-order valence-electron chi connectivity index (χ1n) is 6.91. The number of nitrogens with one attached hydrogen (secondary N) is 1. The lowest BCUT2D eigenvalue weighted by atomic mass is 10.0. The van der Waals surface area contributed by atoms with E-state index in [9.17, 15) is 0 Å². The van der Waals surface area contributed by atoms with Crippen LogP contribution in [0, 0.1) is 13.8 Å². The Morgan fingerprint density at radius 1 is 1.26 bits per heavy atom. The average Bonchev–Trinajstić information content (AvgIpc) is 2.80. The molecule has 0 fully saturated rings. The summed E-state index contributed by atoms with van der Waals surface area (Å²) in [6.45, 7) is 7.48. The van der Waals surface area contributed by atoms with Crippen molar-refractivity contribution in [3.05, 3.63) is 53.1 Å². The quantitative estimate of drug-likeness (QED) is 0.892. The van der Waals surface area contributed by atoms with E-state index < -0.39 is 0 Å². The number of nitrogens with zero attached hydrogens (tertiary/aromatic N) is 2. The zero-order valence-electron chi connectivity index (χ0n) is 12.3. The summed E-state index contributed by atoms with van der Waals surface area (Å²) in [7, 11) is 2.05. The molecule has 0 amide bonds. The van der Waals surface area contributed by atoms with E-state index in [1.165, 1.54) is 16.7 Å². The van der Waals surface area contributed by atoms with Gasteiger partial charge in [-0.15, -0.1) is 0 Å². The number of hydrogen-bond donors (Lipinski definition) is 1. The summed E-state index contributed by atoms with van der Waals surface area (Å²) < 4.78 is 2.09. The van der Waals surface area contributed by atoms with Crippen molar-refractivity contribution in [1.29, 1.82) is 0 Å². The highest BCUT2D eigenvalue weighted by atomic mass is 15.1. The van der Waals surface area contributed by atoms with Crippen LogP contribution in [0.15, 0.2) is 30.6 Å². The summed E-state index contributed by atoms with van der Waals surface area (Å²) in [5.41, 5.74) is 3.94. The maximum atomic E-state index is 4.50. The summed E-state index contributed by atoms with van der Waals surface area (Å²) in [5, 5.41) is 3.59. The molecule has 0 saturated heterocycles. The molecule has 1 heterocycles. The minimum Gasteiger partial charge on any atom is -0.336 e. The van der Waals surface area contributed by atoms with Gasteiger partial charge in [0.1, 0.15) is 5.82 Å². The van der Waals surface area contributed by atoms with Gasteiger partial charge in [0.05, 0.1) is 6.04 Å². The molecule has 0 spiro atoms. The van der Waals surface area contributed by atoms with E-state index in [-0.39, 0.29) is 6.04 Å². The molecule has 19 heavy (non-hydrogen) atoms. The molecule has 2 rings (SSSR count). The van der Waals surface area contributed by atoms with Crippen LogP contribution >= 0.6 is 0 Å². The van der Waals surface area contributed by atoms with Crippen LogP contribution in [0.1, 0.15) is 41.9 Å². The molecule has 3 heteroatoms. The van der Waals surface area contributed by atoms with Gasteiger partial charge in [-0.1, -0.05) is 25.1 Å². The highest BCUT2D eigenvalue weighted by Gasteiger charge is 2.17. The zero-order valence-corrected chi connectivity index (χ0v) is 12.3. The molecule has 1 atom stereocenters. The SMILES string of the molecule is CCCNC(c1ccc(C)c(C)c1)c1nccn1C. The molecule has 0 radical (unpaired) electrons. The van der Waals surface area contributed by atoms with Crippen molar-refractivity contribution in [3.8, 4) is 0 Å². The second-order valence-electron chi connectivity index (χ2n) is 5.13. The summed E-state index contributed by atoms with van der Waals surface area (Å²) >= 11 is 0. The van der Waals surface area contributed by atoms with E-state index in [0.717, 1.165) is 18.8 Å². The predicted octanol–water partition coefficient (Wildman–Crippen LogP) is 3.13. The lowest BCUT2D eigenvalue weighted by molar-refractivity contribution is 0.555. The Morgan fingerprint density at radius 2 is 2.05 bits per heavy atom. The number of hydrogen-bond acceptors (Lipinski definition) is 2. The molecule has 0 aliphatic rings. The molecule has 0 aliphatic heterocycles. The smallest absolute Gasteiger partial charge is 0.130 e. The number of aromatic nitrogens is 2.